The number of anilines is 1. The Labute approximate surface area is 124 Å². The molecule has 0 saturated carbocycles. The summed E-state index contributed by atoms with van der Waals surface area (Å²) in [4.78, 5) is 12.2. The highest BCUT2D eigenvalue weighted by Crippen LogP contribution is 2.16. The summed E-state index contributed by atoms with van der Waals surface area (Å²) in [6, 6.07) is 5.83. The first-order chi connectivity index (χ1) is 9.61. The van der Waals surface area contributed by atoms with E-state index in [4.69, 9.17) is 0 Å². The summed E-state index contributed by atoms with van der Waals surface area (Å²) in [6.45, 7) is 7.55. The van der Waals surface area contributed by atoms with Crippen LogP contribution < -0.4 is 10.6 Å². The maximum atomic E-state index is 12.2. The molecule has 0 aliphatic heterocycles. The topological polar surface area (TPSA) is 41.1 Å². The summed E-state index contributed by atoms with van der Waals surface area (Å²) in [5, 5.41) is 10.4. The number of hydrogen-bond acceptors (Lipinski definition) is 3. The first-order valence-electron chi connectivity index (χ1n) is 6.76. The zero-order chi connectivity index (χ0) is 14.5. The van der Waals surface area contributed by atoms with Crippen LogP contribution in [0.4, 0.5) is 5.69 Å². The molecule has 2 aromatic rings. The molecule has 106 valence electrons. The lowest BCUT2D eigenvalue weighted by Gasteiger charge is -2.10. The standard InChI is InChI=1S/C16H20N2OS/c1-4-17-14-5-6-15(11(2)7-14)16(19)18-8-13-10-20-9-12(13)3/h5-7,9-10,17H,4,8H2,1-3H3,(H,18,19). The molecule has 2 N–H and O–H groups in total. The first-order valence-corrected chi connectivity index (χ1v) is 7.70. The van der Waals surface area contributed by atoms with Gasteiger partial charge in [-0.05, 0) is 66.4 Å². The van der Waals surface area contributed by atoms with Crippen LogP contribution in [0.25, 0.3) is 0 Å². The second-order valence-corrected chi connectivity index (χ2v) is 5.57. The molecule has 0 radical (unpaired) electrons. The lowest BCUT2D eigenvalue weighted by molar-refractivity contribution is 0.0950. The summed E-state index contributed by atoms with van der Waals surface area (Å²) in [5.41, 5.74) is 5.19. The third kappa shape index (κ3) is 3.39. The van der Waals surface area contributed by atoms with Crippen LogP contribution in [0.2, 0.25) is 0 Å². The predicted octanol–water partition coefficient (Wildman–Crippen LogP) is 3.73. The largest absolute Gasteiger partial charge is 0.385 e. The van der Waals surface area contributed by atoms with Crippen molar-refractivity contribution in [3.8, 4) is 0 Å². The number of benzene rings is 1. The molecule has 0 fully saturated rings. The van der Waals surface area contributed by atoms with Gasteiger partial charge in [0.1, 0.15) is 0 Å². The van der Waals surface area contributed by atoms with Crippen LogP contribution in [0.1, 0.15) is 34.0 Å². The predicted molar refractivity (Wildman–Crippen MR) is 85.6 cm³/mol. The highest BCUT2D eigenvalue weighted by atomic mass is 32.1. The van der Waals surface area contributed by atoms with E-state index in [9.17, 15) is 4.79 Å². The normalized spacial score (nSPS) is 10.3. The summed E-state index contributed by atoms with van der Waals surface area (Å²) in [5.74, 6) is -0.0175. The minimum absolute atomic E-state index is 0.0175. The molecule has 1 amide bonds. The Bertz CT molecular complexity index is 604. The van der Waals surface area contributed by atoms with Crippen molar-refractivity contribution in [3.63, 3.8) is 0 Å². The van der Waals surface area contributed by atoms with Crippen LogP contribution in [0.15, 0.2) is 29.0 Å². The fraction of sp³-hybridized carbons (Fsp3) is 0.312. The van der Waals surface area contributed by atoms with Crippen molar-refractivity contribution in [1.82, 2.24) is 5.32 Å². The van der Waals surface area contributed by atoms with Crippen LogP contribution in [-0.4, -0.2) is 12.5 Å². The SMILES string of the molecule is CCNc1ccc(C(=O)NCc2cscc2C)c(C)c1. The molecule has 0 spiro atoms. The zero-order valence-corrected chi connectivity index (χ0v) is 12.9. The fourth-order valence-electron chi connectivity index (χ4n) is 2.07. The number of nitrogens with one attached hydrogen (secondary N) is 2. The minimum Gasteiger partial charge on any atom is -0.385 e. The Morgan fingerprint density at radius 1 is 1.20 bits per heavy atom. The summed E-state index contributed by atoms with van der Waals surface area (Å²) in [7, 11) is 0. The second-order valence-electron chi connectivity index (χ2n) is 4.82. The summed E-state index contributed by atoms with van der Waals surface area (Å²) in [6.07, 6.45) is 0. The number of hydrogen-bond donors (Lipinski definition) is 2. The van der Waals surface area contributed by atoms with Crippen LogP contribution in [-0.2, 0) is 6.54 Å². The van der Waals surface area contributed by atoms with Gasteiger partial charge in [-0.1, -0.05) is 0 Å². The zero-order valence-electron chi connectivity index (χ0n) is 12.1. The average Bonchev–Trinajstić information content (AvgIpc) is 2.82. The summed E-state index contributed by atoms with van der Waals surface area (Å²) < 4.78 is 0. The number of carbonyl (C=O) groups excluding carboxylic acids is 1. The third-order valence-electron chi connectivity index (χ3n) is 3.25. The Balaban J connectivity index is 2.04. The van der Waals surface area contributed by atoms with Crippen molar-refractivity contribution in [1.29, 1.82) is 0 Å². The van der Waals surface area contributed by atoms with Gasteiger partial charge in [0.25, 0.3) is 5.91 Å². The highest BCUT2D eigenvalue weighted by Gasteiger charge is 2.10. The van der Waals surface area contributed by atoms with Gasteiger partial charge < -0.3 is 10.6 Å². The van der Waals surface area contributed by atoms with Crippen LogP contribution in [0.5, 0.6) is 0 Å². The third-order valence-corrected chi connectivity index (χ3v) is 4.16. The molecule has 0 aliphatic rings. The summed E-state index contributed by atoms with van der Waals surface area (Å²) >= 11 is 1.66. The van der Waals surface area contributed by atoms with E-state index in [2.05, 4.69) is 35.2 Å². The lowest BCUT2D eigenvalue weighted by atomic mass is 10.1. The van der Waals surface area contributed by atoms with Gasteiger partial charge in [0.15, 0.2) is 0 Å². The molecule has 4 heteroatoms. The number of amides is 1. The number of carbonyl (C=O) groups is 1. The number of rotatable bonds is 5. The van der Waals surface area contributed by atoms with Crippen molar-refractivity contribution in [2.24, 2.45) is 0 Å². The smallest absolute Gasteiger partial charge is 0.251 e. The van der Waals surface area contributed by atoms with Gasteiger partial charge in [-0.25, -0.2) is 0 Å². The maximum Gasteiger partial charge on any atom is 0.251 e. The van der Waals surface area contributed by atoms with E-state index in [1.165, 1.54) is 11.1 Å². The van der Waals surface area contributed by atoms with E-state index >= 15 is 0 Å². The van der Waals surface area contributed by atoms with Crippen molar-refractivity contribution < 1.29 is 4.79 Å². The van der Waals surface area contributed by atoms with Gasteiger partial charge in [0.2, 0.25) is 0 Å². The minimum atomic E-state index is -0.0175. The van der Waals surface area contributed by atoms with Crippen molar-refractivity contribution in [3.05, 3.63) is 51.2 Å². The van der Waals surface area contributed by atoms with Gasteiger partial charge in [0.05, 0.1) is 0 Å². The Morgan fingerprint density at radius 3 is 2.60 bits per heavy atom. The fourth-order valence-corrected chi connectivity index (χ4v) is 2.93. The number of aryl methyl sites for hydroxylation is 2. The molecular formula is C16H20N2OS. The van der Waals surface area contributed by atoms with Crippen LogP contribution in [0.3, 0.4) is 0 Å². The Morgan fingerprint density at radius 2 is 2.00 bits per heavy atom. The Kier molecular flexibility index (Phi) is 4.79. The quantitative estimate of drug-likeness (QED) is 0.880. The van der Waals surface area contributed by atoms with E-state index in [1.54, 1.807) is 11.3 Å². The molecule has 0 bridgehead atoms. The van der Waals surface area contributed by atoms with E-state index < -0.39 is 0 Å². The van der Waals surface area contributed by atoms with Crippen molar-refractivity contribution in [2.75, 3.05) is 11.9 Å². The van der Waals surface area contributed by atoms with Crippen LogP contribution >= 0.6 is 11.3 Å². The molecule has 2 rings (SSSR count). The highest BCUT2D eigenvalue weighted by molar-refractivity contribution is 7.08. The van der Waals surface area contributed by atoms with Crippen molar-refractivity contribution in [2.45, 2.75) is 27.3 Å². The molecule has 0 atom stereocenters. The number of thiophene rings is 1. The first kappa shape index (κ1) is 14.6. The van der Waals surface area contributed by atoms with Gasteiger partial charge in [-0.15, -0.1) is 0 Å². The molecule has 1 heterocycles. The maximum absolute atomic E-state index is 12.2. The molecule has 0 unspecified atom stereocenters. The van der Waals surface area contributed by atoms with E-state index in [1.807, 2.05) is 25.1 Å². The van der Waals surface area contributed by atoms with E-state index in [0.29, 0.717) is 6.54 Å². The second kappa shape index (κ2) is 6.57. The molecule has 0 saturated heterocycles. The molecule has 1 aromatic heterocycles. The van der Waals surface area contributed by atoms with Gasteiger partial charge >= 0.3 is 0 Å². The monoisotopic (exact) mass is 288 g/mol. The molecule has 1 aromatic carbocycles. The molecule has 3 nitrogen and oxygen atoms in total. The van der Waals surface area contributed by atoms with Gasteiger partial charge in [-0.2, -0.15) is 11.3 Å². The average molecular weight is 288 g/mol. The van der Waals surface area contributed by atoms with Gasteiger partial charge in [0, 0.05) is 24.3 Å². The molecule has 0 aliphatic carbocycles. The van der Waals surface area contributed by atoms with E-state index in [-0.39, 0.29) is 5.91 Å². The van der Waals surface area contributed by atoms with Gasteiger partial charge in [-0.3, -0.25) is 4.79 Å². The van der Waals surface area contributed by atoms with E-state index in [0.717, 1.165) is 23.4 Å². The molecular weight excluding hydrogens is 268 g/mol. The van der Waals surface area contributed by atoms with Crippen molar-refractivity contribution >= 4 is 22.9 Å². The van der Waals surface area contributed by atoms with Crippen LogP contribution in [0, 0.1) is 13.8 Å². The Hall–Kier alpha value is -1.81. The lowest BCUT2D eigenvalue weighted by Crippen LogP contribution is -2.23. The molecule has 20 heavy (non-hydrogen) atoms.